The standard InChI is InChI=1S/C27H35N5O3/c1-5-20-19-10-6-7-12-24(19)32(31-20)17-25-28-22-14-13-18(16-23(22)29-25)21(11-8-9-15-33)30-26(34)35-27(2,3)4/h6-7,10,12-14,16,21,33H,5,8-9,11,15,17H2,1-4H3,(H,28,29)(H,30,34). The van der Waals surface area contributed by atoms with Crippen LogP contribution < -0.4 is 5.32 Å². The van der Waals surface area contributed by atoms with Gasteiger partial charge < -0.3 is 20.1 Å². The molecule has 0 aliphatic carbocycles. The van der Waals surface area contributed by atoms with E-state index >= 15 is 0 Å². The van der Waals surface area contributed by atoms with Gasteiger partial charge in [-0.2, -0.15) is 5.10 Å². The number of nitrogens with zero attached hydrogens (tertiary/aromatic N) is 3. The van der Waals surface area contributed by atoms with E-state index in [0.29, 0.717) is 19.4 Å². The lowest BCUT2D eigenvalue weighted by molar-refractivity contribution is 0.0500. The molecule has 0 saturated heterocycles. The van der Waals surface area contributed by atoms with Crippen LogP contribution >= 0.6 is 0 Å². The lowest BCUT2D eigenvalue weighted by atomic mass is 10.0. The molecule has 4 rings (SSSR count). The largest absolute Gasteiger partial charge is 0.444 e. The maximum absolute atomic E-state index is 12.5. The second-order valence-corrected chi connectivity index (χ2v) is 9.85. The van der Waals surface area contributed by atoms with Gasteiger partial charge in [-0.3, -0.25) is 4.68 Å². The Hall–Kier alpha value is -3.39. The van der Waals surface area contributed by atoms with Crippen molar-refractivity contribution in [3.05, 3.63) is 59.5 Å². The van der Waals surface area contributed by atoms with Crippen LogP contribution in [0, 0.1) is 0 Å². The third-order valence-corrected chi connectivity index (χ3v) is 5.92. The molecule has 4 aromatic rings. The highest BCUT2D eigenvalue weighted by molar-refractivity contribution is 5.82. The molecule has 0 radical (unpaired) electrons. The first-order valence-corrected chi connectivity index (χ1v) is 12.3. The fourth-order valence-corrected chi connectivity index (χ4v) is 4.32. The Morgan fingerprint density at radius 3 is 2.74 bits per heavy atom. The van der Waals surface area contributed by atoms with Crippen molar-refractivity contribution in [2.24, 2.45) is 0 Å². The number of aromatic amines is 1. The molecule has 186 valence electrons. The molecule has 8 nitrogen and oxygen atoms in total. The van der Waals surface area contributed by atoms with Gasteiger partial charge in [0.2, 0.25) is 0 Å². The summed E-state index contributed by atoms with van der Waals surface area (Å²) < 4.78 is 7.46. The quantitative estimate of drug-likeness (QED) is 0.286. The summed E-state index contributed by atoms with van der Waals surface area (Å²) in [5, 5.41) is 18.2. The van der Waals surface area contributed by atoms with Crippen molar-refractivity contribution in [3.63, 3.8) is 0 Å². The lowest BCUT2D eigenvalue weighted by Crippen LogP contribution is -2.35. The molecule has 0 bridgehead atoms. The third kappa shape index (κ3) is 6.00. The maximum atomic E-state index is 12.5. The minimum Gasteiger partial charge on any atom is -0.444 e. The predicted octanol–water partition coefficient (Wildman–Crippen LogP) is 5.25. The van der Waals surface area contributed by atoms with Gasteiger partial charge in [-0.15, -0.1) is 0 Å². The number of aromatic nitrogens is 4. The first-order chi connectivity index (χ1) is 16.8. The monoisotopic (exact) mass is 477 g/mol. The lowest BCUT2D eigenvalue weighted by Gasteiger charge is -2.24. The SMILES string of the molecule is CCc1nn(Cc2nc3cc(C(CCCCO)NC(=O)OC(C)(C)C)ccc3[nH]2)c2ccccc12. The van der Waals surface area contributed by atoms with Crippen LogP contribution in [-0.4, -0.2) is 43.2 Å². The van der Waals surface area contributed by atoms with Crippen LogP contribution in [0.5, 0.6) is 0 Å². The second kappa shape index (κ2) is 10.5. The Morgan fingerprint density at radius 1 is 1.20 bits per heavy atom. The Morgan fingerprint density at radius 2 is 2.00 bits per heavy atom. The van der Waals surface area contributed by atoms with Gasteiger partial charge >= 0.3 is 6.09 Å². The molecular weight excluding hydrogens is 442 g/mol. The fraction of sp³-hybridized carbons (Fsp3) is 0.444. The van der Waals surface area contributed by atoms with Crippen molar-refractivity contribution < 1.29 is 14.6 Å². The summed E-state index contributed by atoms with van der Waals surface area (Å²) in [6, 6.07) is 14.0. The number of benzene rings is 2. The molecule has 0 saturated carbocycles. The summed E-state index contributed by atoms with van der Waals surface area (Å²) in [7, 11) is 0. The molecular formula is C27H35N5O3. The Kier molecular flexibility index (Phi) is 7.40. The van der Waals surface area contributed by atoms with E-state index in [9.17, 15) is 9.90 Å². The topological polar surface area (TPSA) is 105 Å². The van der Waals surface area contributed by atoms with Gasteiger partial charge in [0.25, 0.3) is 0 Å². The molecule has 2 aromatic carbocycles. The minimum absolute atomic E-state index is 0.128. The molecule has 3 N–H and O–H groups in total. The fourth-order valence-electron chi connectivity index (χ4n) is 4.32. The van der Waals surface area contributed by atoms with Crippen molar-refractivity contribution >= 4 is 28.0 Å². The van der Waals surface area contributed by atoms with Gasteiger partial charge in [0.1, 0.15) is 11.4 Å². The van der Waals surface area contributed by atoms with Crippen molar-refractivity contribution in [2.45, 2.75) is 71.6 Å². The molecule has 0 spiro atoms. The number of aliphatic hydroxyl groups excluding tert-OH is 1. The number of hydrogen-bond acceptors (Lipinski definition) is 5. The number of ether oxygens (including phenoxy) is 1. The first-order valence-electron chi connectivity index (χ1n) is 12.3. The molecule has 2 aromatic heterocycles. The van der Waals surface area contributed by atoms with Crippen molar-refractivity contribution in [1.82, 2.24) is 25.1 Å². The highest BCUT2D eigenvalue weighted by Gasteiger charge is 2.21. The molecule has 2 heterocycles. The van der Waals surface area contributed by atoms with E-state index in [1.54, 1.807) is 0 Å². The number of aliphatic hydroxyl groups is 1. The van der Waals surface area contributed by atoms with E-state index in [1.165, 1.54) is 5.39 Å². The highest BCUT2D eigenvalue weighted by Crippen LogP contribution is 2.25. The predicted molar refractivity (Wildman–Crippen MR) is 137 cm³/mol. The normalized spacial score (nSPS) is 12.8. The summed E-state index contributed by atoms with van der Waals surface area (Å²) in [5.41, 5.74) is 4.32. The molecule has 0 aliphatic rings. The molecule has 8 heteroatoms. The number of H-pyrrole nitrogens is 1. The molecule has 35 heavy (non-hydrogen) atoms. The van der Waals surface area contributed by atoms with Crippen LogP contribution in [0.15, 0.2) is 42.5 Å². The number of fused-ring (bicyclic) bond motifs is 2. The zero-order chi connectivity index (χ0) is 25.0. The van der Waals surface area contributed by atoms with Gasteiger partial charge in [0, 0.05) is 12.0 Å². The molecule has 1 atom stereocenters. The number of imidazole rings is 1. The van der Waals surface area contributed by atoms with Crippen LogP contribution in [0.2, 0.25) is 0 Å². The molecule has 1 unspecified atom stereocenters. The summed E-state index contributed by atoms with van der Waals surface area (Å²) in [5.74, 6) is 0.824. The molecule has 0 aliphatic heterocycles. The van der Waals surface area contributed by atoms with Crippen LogP contribution in [0.3, 0.4) is 0 Å². The first kappa shape index (κ1) is 24.7. The van der Waals surface area contributed by atoms with Crippen molar-refractivity contribution in [1.29, 1.82) is 0 Å². The smallest absolute Gasteiger partial charge is 0.408 e. The van der Waals surface area contributed by atoms with E-state index in [2.05, 4.69) is 29.4 Å². The average Bonchev–Trinajstić information content (AvgIpc) is 3.37. The number of nitrogens with one attached hydrogen (secondary N) is 2. The molecule has 0 fully saturated rings. The van der Waals surface area contributed by atoms with E-state index in [-0.39, 0.29) is 12.6 Å². The number of aryl methyl sites for hydroxylation is 1. The van der Waals surface area contributed by atoms with E-state index in [4.69, 9.17) is 14.8 Å². The van der Waals surface area contributed by atoms with Gasteiger partial charge in [0.05, 0.1) is 34.8 Å². The molecule has 1 amide bonds. The Labute approximate surface area is 205 Å². The Balaban J connectivity index is 1.58. The van der Waals surface area contributed by atoms with Crippen LogP contribution in [0.4, 0.5) is 4.79 Å². The van der Waals surface area contributed by atoms with E-state index < -0.39 is 11.7 Å². The number of rotatable bonds is 9. The van der Waals surface area contributed by atoms with E-state index in [0.717, 1.165) is 46.5 Å². The summed E-state index contributed by atoms with van der Waals surface area (Å²) in [6.07, 6.45) is 2.58. The number of hydrogen-bond donors (Lipinski definition) is 3. The van der Waals surface area contributed by atoms with Gasteiger partial charge in [-0.05, 0) is 70.2 Å². The van der Waals surface area contributed by atoms with Crippen LogP contribution in [0.1, 0.15) is 70.1 Å². The third-order valence-electron chi connectivity index (χ3n) is 5.92. The minimum atomic E-state index is -0.574. The van der Waals surface area contributed by atoms with Crippen molar-refractivity contribution in [2.75, 3.05) is 6.61 Å². The average molecular weight is 478 g/mol. The zero-order valence-corrected chi connectivity index (χ0v) is 21.0. The van der Waals surface area contributed by atoms with Crippen molar-refractivity contribution in [3.8, 4) is 0 Å². The number of unbranched alkanes of at least 4 members (excludes halogenated alkanes) is 1. The number of carbonyl (C=O) groups is 1. The summed E-state index contributed by atoms with van der Waals surface area (Å²) in [6.45, 7) is 8.32. The number of amides is 1. The maximum Gasteiger partial charge on any atom is 0.408 e. The van der Waals surface area contributed by atoms with Gasteiger partial charge in [-0.1, -0.05) is 31.2 Å². The highest BCUT2D eigenvalue weighted by atomic mass is 16.6. The van der Waals surface area contributed by atoms with E-state index in [1.807, 2.05) is 55.8 Å². The number of alkyl carbamates (subject to hydrolysis) is 1. The summed E-state index contributed by atoms with van der Waals surface area (Å²) in [4.78, 5) is 20.7. The number of para-hydroxylation sites is 1. The van der Waals surface area contributed by atoms with Gasteiger partial charge in [0.15, 0.2) is 0 Å². The van der Waals surface area contributed by atoms with Crippen LogP contribution in [-0.2, 0) is 17.7 Å². The van der Waals surface area contributed by atoms with Crippen LogP contribution in [0.25, 0.3) is 21.9 Å². The van der Waals surface area contributed by atoms with Gasteiger partial charge in [-0.25, -0.2) is 9.78 Å². The number of carbonyl (C=O) groups excluding carboxylic acids is 1. The summed E-state index contributed by atoms with van der Waals surface area (Å²) >= 11 is 0. The zero-order valence-electron chi connectivity index (χ0n) is 21.0. The Bertz CT molecular complexity index is 1300. The second-order valence-electron chi connectivity index (χ2n) is 9.85.